The Bertz CT molecular complexity index is 983. The Morgan fingerprint density at radius 2 is 1.93 bits per heavy atom. The zero-order valence-corrected chi connectivity index (χ0v) is 15.5. The van der Waals surface area contributed by atoms with E-state index in [4.69, 9.17) is 0 Å². The molecular weight excluding hydrogens is 354 g/mol. The zero-order valence-electron chi connectivity index (χ0n) is 15.5. The van der Waals surface area contributed by atoms with Gasteiger partial charge in [0, 0.05) is 53.8 Å². The Labute approximate surface area is 163 Å². The predicted octanol–water partition coefficient (Wildman–Crippen LogP) is 2.42. The first-order valence-electron chi connectivity index (χ1n) is 9.49. The molecule has 2 amide bonds. The summed E-state index contributed by atoms with van der Waals surface area (Å²) < 4.78 is 0. The van der Waals surface area contributed by atoms with Crippen LogP contribution in [0.5, 0.6) is 0 Å². The van der Waals surface area contributed by atoms with Gasteiger partial charge < -0.3 is 20.3 Å². The van der Waals surface area contributed by atoms with E-state index in [1.165, 1.54) is 0 Å². The Hall–Kier alpha value is -3.12. The molecule has 0 aliphatic carbocycles. The summed E-state index contributed by atoms with van der Waals surface area (Å²) in [5, 5.41) is 13.6. The number of likely N-dealkylation sites (tertiary alicyclic amines) is 1. The lowest BCUT2D eigenvalue weighted by Crippen LogP contribution is -2.55. The lowest BCUT2D eigenvalue weighted by atomic mass is 9.91. The normalized spacial score (nSPS) is 19.5. The van der Waals surface area contributed by atoms with E-state index in [9.17, 15) is 14.7 Å². The monoisotopic (exact) mass is 377 g/mol. The topological polar surface area (TPSA) is 85.4 Å². The number of aliphatic hydroxyl groups excluding tert-OH is 1. The van der Waals surface area contributed by atoms with Gasteiger partial charge in [0.05, 0.1) is 6.04 Å². The van der Waals surface area contributed by atoms with Crippen LogP contribution in [0.2, 0.25) is 0 Å². The van der Waals surface area contributed by atoms with Crippen LogP contribution >= 0.6 is 0 Å². The van der Waals surface area contributed by atoms with Crippen LogP contribution in [-0.4, -0.2) is 52.5 Å². The molecule has 3 aromatic rings. The fraction of sp³-hybridized carbons (Fsp3) is 0.273. The van der Waals surface area contributed by atoms with Gasteiger partial charge in [-0.2, -0.15) is 0 Å². The van der Waals surface area contributed by atoms with Crippen molar-refractivity contribution in [3.63, 3.8) is 0 Å². The summed E-state index contributed by atoms with van der Waals surface area (Å²) in [6, 6.07) is 16.2. The maximum atomic E-state index is 13.1. The van der Waals surface area contributed by atoms with Gasteiger partial charge in [0.1, 0.15) is 0 Å². The third kappa shape index (κ3) is 3.51. The minimum absolute atomic E-state index is 0.0187. The molecule has 28 heavy (non-hydrogen) atoms. The quantitative estimate of drug-likeness (QED) is 0.653. The molecule has 1 aliphatic heterocycles. The van der Waals surface area contributed by atoms with Crippen molar-refractivity contribution in [1.82, 2.24) is 15.2 Å². The molecule has 4 rings (SSSR count). The molecule has 0 bridgehead atoms. The standard InChI is InChI=1S/C22H23N3O3/c26-14-16-10-12-25(13-20(16)24-21(27)15-5-2-1-3-6-15)22(28)18-7-4-8-19-17(18)9-11-23-19/h1-9,11,16,20,23,26H,10,12-14H2,(H,24,27)/t16-,20-/m1/s1. The second-order valence-corrected chi connectivity index (χ2v) is 7.17. The number of nitrogens with zero attached hydrogens (tertiary/aromatic N) is 1. The number of carbonyl (C=O) groups is 2. The van der Waals surface area contributed by atoms with Gasteiger partial charge in [-0.1, -0.05) is 24.3 Å². The van der Waals surface area contributed by atoms with Crippen LogP contribution in [0.15, 0.2) is 60.8 Å². The van der Waals surface area contributed by atoms with E-state index in [-0.39, 0.29) is 30.4 Å². The summed E-state index contributed by atoms with van der Waals surface area (Å²) in [7, 11) is 0. The SMILES string of the molecule is O=C(N[C@@H]1CN(C(=O)c2cccc3[nH]ccc23)CC[C@@H]1CO)c1ccccc1. The van der Waals surface area contributed by atoms with Gasteiger partial charge in [-0.15, -0.1) is 0 Å². The minimum atomic E-state index is -0.291. The van der Waals surface area contributed by atoms with E-state index in [0.717, 1.165) is 10.9 Å². The lowest BCUT2D eigenvalue weighted by Gasteiger charge is -2.38. The average molecular weight is 377 g/mol. The van der Waals surface area contributed by atoms with Gasteiger partial charge in [0.15, 0.2) is 0 Å². The van der Waals surface area contributed by atoms with E-state index >= 15 is 0 Å². The van der Waals surface area contributed by atoms with Crippen LogP contribution in [0.1, 0.15) is 27.1 Å². The summed E-state index contributed by atoms with van der Waals surface area (Å²) in [5.74, 6) is -0.314. The third-order valence-corrected chi connectivity index (χ3v) is 5.46. The number of H-pyrrole nitrogens is 1. The molecule has 1 aliphatic rings. The number of aromatic nitrogens is 1. The van der Waals surface area contributed by atoms with Gasteiger partial charge in [-0.25, -0.2) is 0 Å². The molecule has 144 valence electrons. The number of carbonyl (C=O) groups excluding carboxylic acids is 2. The summed E-state index contributed by atoms with van der Waals surface area (Å²) in [5.41, 5.74) is 2.14. The number of fused-ring (bicyclic) bond motifs is 1. The zero-order chi connectivity index (χ0) is 19.5. The molecule has 1 saturated heterocycles. The van der Waals surface area contributed by atoms with Crippen LogP contribution in [0.4, 0.5) is 0 Å². The highest BCUT2D eigenvalue weighted by Gasteiger charge is 2.33. The Balaban J connectivity index is 1.53. The fourth-order valence-corrected chi connectivity index (χ4v) is 3.85. The Morgan fingerprint density at radius 1 is 1.11 bits per heavy atom. The largest absolute Gasteiger partial charge is 0.396 e. The number of rotatable bonds is 4. The second kappa shape index (κ2) is 7.86. The number of aliphatic hydroxyl groups is 1. The number of benzene rings is 2. The molecule has 6 nitrogen and oxygen atoms in total. The molecule has 0 radical (unpaired) electrons. The number of aromatic amines is 1. The molecule has 0 unspecified atom stereocenters. The number of amides is 2. The summed E-state index contributed by atoms with van der Waals surface area (Å²) >= 11 is 0. The maximum Gasteiger partial charge on any atom is 0.254 e. The molecule has 6 heteroatoms. The minimum Gasteiger partial charge on any atom is -0.396 e. The van der Waals surface area contributed by atoms with Crippen molar-refractivity contribution in [1.29, 1.82) is 0 Å². The maximum absolute atomic E-state index is 13.1. The highest BCUT2D eigenvalue weighted by atomic mass is 16.3. The van der Waals surface area contributed by atoms with Crippen molar-refractivity contribution in [2.45, 2.75) is 12.5 Å². The van der Waals surface area contributed by atoms with Crippen molar-refractivity contribution in [2.75, 3.05) is 19.7 Å². The Kier molecular flexibility index (Phi) is 5.12. The van der Waals surface area contributed by atoms with Crippen molar-refractivity contribution >= 4 is 22.7 Å². The number of nitrogens with one attached hydrogen (secondary N) is 2. The highest BCUT2D eigenvalue weighted by Crippen LogP contribution is 2.23. The van der Waals surface area contributed by atoms with Crippen LogP contribution in [-0.2, 0) is 0 Å². The fourth-order valence-electron chi connectivity index (χ4n) is 3.85. The van der Waals surface area contributed by atoms with E-state index in [0.29, 0.717) is 30.6 Å². The highest BCUT2D eigenvalue weighted by molar-refractivity contribution is 6.06. The van der Waals surface area contributed by atoms with Crippen LogP contribution < -0.4 is 5.32 Å². The van der Waals surface area contributed by atoms with Gasteiger partial charge in [0.25, 0.3) is 11.8 Å². The third-order valence-electron chi connectivity index (χ3n) is 5.46. The molecule has 2 aromatic carbocycles. The van der Waals surface area contributed by atoms with Crippen molar-refractivity contribution < 1.29 is 14.7 Å². The van der Waals surface area contributed by atoms with Gasteiger partial charge in [0.2, 0.25) is 0 Å². The van der Waals surface area contributed by atoms with Crippen molar-refractivity contribution in [3.8, 4) is 0 Å². The Morgan fingerprint density at radius 3 is 2.71 bits per heavy atom. The molecule has 2 heterocycles. The van der Waals surface area contributed by atoms with Crippen molar-refractivity contribution in [3.05, 3.63) is 71.9 Å². The molecule has 1 fully saturated rings. The lowest BCUT2D eigenvalue weighted by molar-refractivity contribution is 0.0543. The molecule has 0 spiro atoms. The molecule has 3 N–H and O–H groups in total. The first-order valence-corrected chi connectivity index (χ1v) is 9.49. The first kappa shape index (κ1) is 18.3. The van der Waals surface area contributed by atoms with Gasteiger partial charge >= 0.3 is 0 Å². The summed E-state index contributed by atoms with van der Waals surface area (Å²) in [6.07, 6.45) is 2.47. The number of hydrogen-bond acceptors (Lipinski definition) is 3. The smallest absolute Gasteiger partial charge is 0.254 e. The predicted molar refractivity (Wildman–Crippen MR) is 107 cm³/mol. The van der Waals surface area contributed by atoms with E-state index < -0.39 is 0 Å². The molecular formula is C22H23N3O3. The number of piperidine rings is 1. The summed E-state index contributed by atoms with van der Waals surface area (Å²) in [6.45, 7) is 0.918. The van der Waals surface area contributed by atoms with E-state index in [2.05, 4.69) is 10.3 Å². The van der Waals surface area contributed by atoms with Crippen molar-refractivity contribution in [2.24, 2.45) is 5.92 Å². The average Bonchev–Trinajstić information content (AvgIpc) is 3.23. The molecule has 1 aromatic heterocycles. The van der Waals surface area contributed by atoms with Crippen LogP contribution in [0.3, 0.4) is 0 Å². The summed E-state index contributed by atoms with van der Waals surface area (Å²) in [4.78, 5) is 30.6. The van der Waals surface area contributed by atoms with E-state index in [1.807, 2.05) is 48.7 Å². The van der Waals surface area contributed by atoms with E-state index in [1.54, 1.807) is 17.0 Å². The molecule has 2 atom stereocenters. The van der Waals surface area contributed by atoms with Gasteiger partial charge in [-0.05, 0) is 36.8 Å². The number of hydrogen-bond donors (Lipinski definition) is 3. The second-order valence-electron chi connectivity index (χ2n) is 7.17. The van der Waals surface area contributed by atoms with Crippen LogP contribution in [0.25, 0.3) is 10.9 Å². The van der Waals surface area contributed by atoms with Gasteiger partial charge in [-0.3, -0.25) is 9.59 Å². The first-order chi connectivity index (χ1) is 13.7. The molecule has 0 saturated carbocycles. The van der Waals surface area contributed by atoms with Crippen LogP contribution in [0, 0.1) is 5.92 Å².